The molecule has 1 heterocycles. The fraction of sp³-hybridized carbons (Fsp3) is 0.600. The average molecular weight is 1960 g/mol. The Labute approximate surface area is 818 Å². The van der Waals surface area contributed by atoms with Crippen LogP contribution in [0.4, 0.5) is 0 Å². The first kappa shape index (κ1) is 119. The number of carboxylic acid groups (broad SMARTS) is 1. The van der Waals surface area contributed by atoms with Gasteiger partial charge in [-0.05, 0) is 202 Å². The van der Waals surface area contributed by atoms with Gasteiger partial charge in [0.2, 0.25) is 88.6 Å². The summed E-state index contributed by atoms with van der Waals surface area (Å²) in [6.45, 7) is 19.6. The first-order chi connectivity index (χ1) is 66.3. The summed E-state index contributed by atoms with van der Waals surface area (Å²) >= 11 is 0. The van der Waals surface area contributed by atoms with Crippen molar-refractivity contribution < 1.29 is 92.0 Å². The van der Waals surface area contributed by atoms with Gasteiger partial charge in [-0.15, -0.1) is 0 Å². The molecule has 45 heteroatoms. The number of aromatic hydroxyl groups is 1. The fourth-order valence-corrected chi connectivity index (χ4v) is 15.1. The summed E-state index contributed by atoms with van der Waals surface area (Å²) in [6.07, 6.45) is 2.60. The van der Waals surface area contributed by atoms with Crippen LogP contribution in [0.15, 0.2) is 85.1 Å². The lowest BCUT2D eigenvalue weighted by atomic mass is 9.96. The molecule has 19 atom stereocenters. The van der Waals surface area contributed by atoms with Gasteiger partial charge in [-0.3, -0.25) is 82.7 Å². The Balaban J connectivity index is 1.60. The minimum Gasteiger partial charge on any atom is -0.508 e. The van der Waals surface area contributed by atoms with Crippen LogP contribution in [0.1, 0.15) is 203 Å². The molecule has 0 aliphatic carbocycles. The number of para-hydroxylation sites is 1. The van der Waals surface area contributed by atoms with Crippen molar-refractivity contribution in [3.63, 3.8) is 0 Å². The third-order valence-corrected chi connectivity index (χ3v) is 23.8. The SMILES string of the molecule is CC[C@H](C)[C@H](NC(=O)[C@H](C)NC(=O)[C@@H](NC(=O)[C@@H](N)Cc1ccc(O)cc1)[C@@H](C)O)C(=O)N[C@@H](C)C(=O)N[C@@H](Cc1c[nH]c2ccccc12)C(=O)N[C@H](C(=O)N[C@@H](CCCCN)C(=O)N[C@@H](C)C(=O)N[C@@H](Cc1ccccc1)C(=O)N[C@H](C(=O)N[C@@H](CCCNC(=N)N)C(=O)N[C@@H](CCCCN)C(=O)N[C@@H](CC(C)C)C(=O)N[C@@H](CCCNC(=N)N)C(=O)N[C@@H](CCCCN)C(=O)O)[C@@H](C)CC)C(C)C. The molecule has 0 radical (unpaired) electrons. The molecule has 0 bridgehead atoms. The summed E-state index contributed by atoms with van der Waals surface area (Å²) in [4.78, 5) is 232. The van der Waals surface area contributed by atoms with Crippen LogP contribution in [0.3, 0.4) is 0 Å². The maximum absolute atomic E-state index is 15.0. The highest BCUT2D eigenvalue weighted by Crippen LogP contribution is 2.22. The molecule has 45 nitrogen and oxygen atoms in total. The smallest absolute Gasteiger partial charge is 0.326 e. The van der Waals surface area contributed by atoms with E-state index in [2.05, 4.69) is 95.4 Å². The van der Waals surface area contributed by atoms with Gasteiger partial charge in [-0.2, -0.15) is 0 Å². The van der Waals surface area contributed by atoms with Crippen LogP contribution >= 0.6 is 0 Å². The molecule has 1 aromatic heterocycles. The summed E-state index contributed by atoms with van der Waals surface area (Å²) in [6, 6.07) is -0.797. The van der Waals surface area contributed by atoms with E-state index in [9.17, 15) is 82.4 Å². The molecule has 4 aromatic rings. The molecular formula is C95H154N26O19. The second-order valence-electron chi connectivity index (χ2n) is 36.4. The Morgan fingerprint density at radius 1 is 0.364 bits per heavy atom. The Morgan fingerprint density at radius 2 is 0.707 bits per heavy atom. The van der Waals surface area contributed by atoms with Crippen LogP contribution in [-0.4, -0.2) is 262 Å². The number of unbranched alkanes of at least 4 members (excludes halogenated alkanes) is 3. The number of aliphatic hydroxyl groups excluding tert-OH is 1. The Kier molecular flexibility index (Phi) is 52.8. The molecule has 4 rings (SSSR count). The number of aliphatic carboxylic acids is 1. The number of carbonyl (C=O) groups excluding carboxylic acids is 15. The summed E-state index contributed by atoms with van der Waals surface area (Å²) in [5.41, 5.74) is 37.1. The van der Waals surface area contributed by atoms with Crippen LogP contribution in [0, 0.1) is 34.5 Å². The van der Waals surface area contributed by atoms with Crippen LogP contribution < -0.4 is 125 Å². The molecule has 15 amide bonds. The summed E-state index contributed by atoms with van der Waals surface area (Å²) in [5, 5.41) is 91.6. The van der Waals surface area contributed by atoms with Gasteiger partial charge in [0.1, 0.15) is 96.4 Å². The van der Waals surface area contributed by atoms with E-state index in [1.54, 1.807) is 128 Å². The van der Waals surface area contributed by atoms with Gasteiger partial charge in [0.15, 0.2) is 11.9 Å². The number of carboxylic acids is 1. The summed E-state index contributed by atoms with van der Waals surface area (Å²) in [5.74, 6) is -17.2. The predicted octanol–water partition coefficient (Wildman–Crippen LogP) is -2.27. The van der Waals surface area contributed by atoms with Gasteiger partial charge < -0.3 is 145 Å². The molecule has 0 saturated heterocycles. The number of aromatic amines is 1. The number of carbonyl (C=O) groups is 16. The Morgan fingerprint density at radius 3 is 1.15 bits per heavy atom. The lowest BCUT2D eigenvalue weighted by Crippen LogP contribution is -2.62. The first-order valence-electron chi connectivity index (χ1n) is 48.1. The van der Waals surface area contributed by atoms with E-state index in [1.807, 2.05) is 0 Å². The van der Waals surface area contributed by atoms with E-state index in [1.165, 1.54) is 39.8 Å². The van der Waals surface area contributed by atoms with Gasteiger partial charge in [0, 0.05) is 43.0 Å². The zero-order chi connectivity index (χ0) is 105. The molecule has 140 heavy (non-hydrogen) atoms. The number of fused-ring (bicyclic) bond motifs is 1. The number of phenolic OH excluding ortho intramolecular Hbond substituents is 1. The van der Waals surface area contributed by atoms with E-state index in [0.29, 0.717) is 59.7 Å². The van der Waals surface area contributed by atoms with E-state index in [4.69, 9.17) is 45.2 Å². The van der Waals surface area contributed by atoms with E-state index < -0.39 is 221 Å². The van der Waals surface area contributed by atoms with Crippen molar-refractivity contribution in [3.05, 3.63) is 102 Å². The van der Waals surface area contributed by atoms with Crippen molar-refractivity contribution >= 4 is 117 Å². The van der Waals surface area contributed by atoms with Gasteiger partial charge in [0.25, 0.3) is 0 Å². The molecule has 0 fully saturated rings. The average Bonchev–Trinajstić information content (AvgIpc) is 1.75. The lowest BCUT2D eigenvalue weighted by molar-refractivity contribution is -0.142. The minimum absolute atomic E-state index is 0.00287. The number of H-pyrrole nitrogens is 1. The lowest BCUT2D eigenvalue weighted by Gasteiger charge is -2.30. The third-order valence-electron chi connectivity index (χ3n) is 23.8. The highest BCUT2D eigenvalue weighted by Gasteiger charge is 2.41. The second kappa shape index (κ2) is 62.0. The zero-order valence-corrected chi connectivity index (χ0v) is 82.5. The number of phenols is 1. The quantitative estimate of drug-likeness (QED) is 0.0126. The molecule has 0 aliphatic heterocycles. The summed E-state index contributed by atoms with van der Waals surface area (Å²) < 4.78 is 0. The van der Waals surface area contributed by atoms with Gasteiger partial charge in [0.05, 0.1) is 12.1 Å². The van der Waals surface area contributed by atoms with Crippen LogP contribution in [0.5, 0.6) is 5.75 Å². The predicted molar refractivity (Wildman–Crippen MR) is 527 cm³/mol. The number of amides is 15. The normalized spacial score (nSPS) is 15.4. The number of aromatic nitrogens is 1. The highest BCUT2D eigenvalue weighted by atomic mass is 16.4. The monoisotopic (exact) mass is 1960 g/mol. The van der Waals surface area contributed by atoms with Gasteiger partial charge >= 0.3 is 5.97 Å². The fourth-order valence-electron chi connectivity index (χ4n) is 15.1. The molecule has 35 N–H and O–H groups in total. The maximum Gasteiger partial charge on any atom is 0.326 e. The molecule has 3 aromatic carbocycles. The van der Waals surface area contributed by atoms with Crippen molar-refractivity contribution in [1.29, 1.82) is 10.8 Å². The van der Waals surface area contributed by atoms with Crippen LogP contribution in [-0.2, 0) is 96.0 Å². The number of hydrogen-bond donors (Lipinski definition) is 29. The van der Waals surface area contributed by atoms with Crippen molar-refractivity contribution in [2.24, 2.45) is 58.1 Å². The number of hydrogen-bond acceptors (Lipinski definition) is 24. The highest BCUT2D eigenvalue weighted by molar-refractivity contribution is 6.01. The number of nitrogens with two attached hydrogens (primary N) is 6. The number of guanidine groups is 2. The molecular weight excluding hydrogens is 1810 g/mol. The van der Waals surface area contributed by atoms with Gasteiger partial charge in [-0.1, -0.05) is 129 Å². The molecule has 0 unspecified atom stereocenters. The second-order valence-corrected chi connectivity index (χ2v) is 36.4. The van der Waals surface area contributed by atoms with Gasteiger partial charge in [-0.25, -0.2) is 4.79 Å². The number of nitrogens with one attached hydrogen (secondary N) is 20. The third kappa shape index (κ3) is 41.9. The van der Waals surface area contributed by atoms with Crippen LogP contribution in [0.25, 0.3) is 10.9 Å². The van der Waals surface area contributed by atoms with Crippen molar-refractivity contribution in [2.45, 2.75) is 308 Å². The van der Waals surface area contributed by atoms with E-state index in [0.717, 1.165) is 0 Å². The van der Waals surface area contributed by atoms with Crippen molar-refractivity contribution in [1.82, 2.24) is 95.4 Å². The van der Waals surface area contributed by atoms with E-state index in [-0.39, 0.29) is 140 Å². The van der Waals surface area contributed by atoms with Crippen molar-refractivity contribution in [3.8, 4) is 5.75 Å². The summed E-state index contributed by atoms with van der Waals surface area (Å²) in [7, 11) is 0. The Hall–Kier alpha value is -13.1. The Bertz CT molecular complexity index is 4720. The molecule has 0 spiro atoms. The number of benzene rings is 3. The molecule has 0 saturated carbocycles. The largest absolute Gasteiger partial charge is 0.508 e. The number of rotatable bonds is 65. The van der Waals surface area contributed by atoms with Crippen LogP contribution in [0.2, 0.25) is 0 Å². The van der Waals surface area contributed by atoms with Crippen molar-refractivity contribution in [2.75, 3.05) is 32.7 Å². The minimum atomic E-state index is -1.58. The zero-order valence-electron chi connectivity index (χ0n) is 82.5. The first-order valence-corrected chi connectivity index (χ1v) is 48.1. The van der Waals surface area contributed by atoms with E-state index >= 15 is 9.59 Å². The molecule has 778 valence electrons. The number of aliphatic hydroxyl groups is 1. The molecule has 0 aliphatic rings. The standard InChI is InChI=1S/C95H154N26O19/c1-13-53(7)75(119-80(126)57(11)109-92(138)77(58(12)122)121-81(127)64(99)47-60-37-39-62(123)40-38-60)90(136)108-56(10)79(125)116-73(49-61-50-106-65-31-19-18-30-63(61)65)88(134)118-74(52(5)6)89(135)112-66(32-20-23-41-96)82(128)107-55(9)78(124)115-72(48-59-28-16-15-17-29-59)87(133)120-76(54(8)14-2)91(137)113-69(36-27-45-105-95(102)103)83(129)110-67(33-21-24-42-97)85(131)117-71(46-51(3)4)86(132)111-68(35-26-44-104-94(100)101)84(130)114-70(93(139)140)34-22-25-43-98/h15-19,28-31,37-40,50-58,64,66-77,106,122-123H,13-14,20-27,32-36,41-49,96-99H2,1-12H3,(H,107,128)(H,108,136)(H,109,138)(H,110,129)(H,111,132)(H,112,135)(H,113,137)(H,114,130)(H,115,124)(H,116,125)(H,117,131)(H,118,134)(H,119,126)(H,120,133)(H,121,127)(H,139,140)(H4,100,101,104)(H4,102,103,105)/t53-,54-,55-,56-,57-,58+,64-,66-,67-,68-,69-,70-,71-,72-,73-,74-,75-,76-,77-/m0/s1. The topological polar surface area (TPSA) is 758 Å². The maximum atomic E-state index is 15.0.